The highest BCUT2D eigenvalue weighted by Gasteiger charge is 2.31. The number of hydrogen-bond acceptors (Lipinski definition) is 3. The molecule has 0 radical (unpaired) electrons. The maximum Gasteiger partial charge on any atom is 0.255 e. The van der Waals surface area contributed by atoms with Gasteiger partial charge in [0.15, 0.2) is 5.11 Å². The second-order valence-electron chi connectivity index (χ2n) is 6.58. The fourth-order valence-corrected chi connectivity index (χ4v) is 3.46. The van der Waals surface area contributed by atoms with Crippen LogP contribution in [0.1, 0.15) is 29.7 Å². The van der Waals surface area contributed by atoms with Gasteiger partial charge in [0.05, 0.1) is 18.7 Å². The Kier molecular flexibility index (Phi) is 5.46. The molecule has 0 aromatic heterocycles. The van der Waals surface area contributed by atoms with Crippen LogP contribution in [0.15, 0.2) is 53.7 Å². The zero-order valence-corrected chi connectivity index (χ0v) is 16.7. The van der Waals surface area contributed by atoms with Crippen LogP contribution in [0, 0.1) is 13.8 Å². The predicted octanol–water partition coefficient (Wildman–Crippen LogP) is 3.74. The Hall–Kier alpha value is -2.86. The summed E-state index contributed by atoms with van der Waals surface area (Å²) in [5.74, 6) is 0.518. The number of allylic oxidation sites excluding steroid dienone is 1. The number of carbonyl (C=O) groups is 1. The molecule has 0 fully saturated rings. The van der Waals surface area contributed by atoms with Gasteiger partial charge < -0.3 is 20.7 Å². The number of aryl methyl sites for hydroxylation is 2. The molecule has 0 saturated heterocycles. The van der Waals surface area contributed by atoms with E-state index in [9.17, 15) is 4.79 Å². The zero-order chi connectivity index (χ0) is 19.6. The van der Waals surface area contributed by atoms with Crippen LogP contribution < -0.4 is 20.7 Å². The smallest absolute Gasteiger partial charge is 0.255 e. The minimum Gasteiger partial charge on any atom is -0.496 e. The van der Waals surface area contributed by atoms with Gasteiger partial charge in [0.2, 0.25) is 0 Å². The molecule has 6 heteroatoms. The largest absolute Gasteiger partial charge is 0.496 e. The molecule has 27 heavy (non-hydrogen) atoms. The Morgan fingerprint density at radius 2 is 1.89 bits per heavy atom. The molecule has 3 N–H and O–H groups in total. The molecule has 0 saturated carbocycles. The molecule has 2 aromatic rings. The summed E-state index contributed by atoms with van der Waals surface area (Å²) in [7, 11) is 1.62. The van der Waals surface area contributed by atoms with Gasteiger partial charge in [-0.15, -0.1) is 0 Å². The monoisotopic (exact) mass is 381 g/mol. The summed E-state index contributed by atoms with van der Waals surface area (Å²) in [5, 5.41) is 9.78. The fourth-order valence-electron chi connectivity index (χ4n) is 3.19. The molecule has 0 bridgehead atoms. The molecule has 1 heterocycles. The number of anilines is 1. The lowest BCUT2D eigenvalue weighted by atomic mass is 9.94. The van der Waals surface area contributed by atoms with Gasteiger partial charge >= 0.3 is 0 Å². The summed E-state index contributed by atoms with van der Waals surface area (Å²) < 4.78 is 5.49. The van der Waals surface area contributed by atoms with Crippen LogP contribution in [0.3, 0.4) is 0 Å². The minimum atomic E-state index is -0.403. The average Bonchev–Trinajstić information content (AvgIpc) is 2.63. The number of hydrogen-bond donors (Lipinski definition) is 3. The van der Waals surface area contributed by atoms with E-state index in [1.165, 1.54) is 0 Å². The van der Waals surface area contributed by atoms with Crippen molar-refractivity contribution in [2.75, 3.05) is 12.4 Å². The van der Waals surface area contributed by atoms with Crippen molar-refractivity contribution in [3.63, 3.8) is 0 Å². The number of ether oxygens (including phenoxy) is 1. The number of rotatable bonds is 4. The van der Waals surface area contributed by atoms with Gasteiger partial charge in [0.25, 0.3) is 5.91 Å². The lowest BCUT2D eigenvalue weighted by molar-refractivity contribution is -0.113. The summed E-state index contributed by atoms with van der Waals surface area (Å²) in [5.41, 5.74) is 5.05. The number of thiocarbonyl (C=S) groups is 1. The Morgan fingerprint density at radius 1 is 1.15 bits per heavy atom. The van der Waals surface area contributed by atoms with Gasteiger partial charge in [0, 0.05) is 16.9 Å². The number of para-hydroxylation sites is 1. The third-order valence-corrected chi connectivity index (χ3v) is 4.82. The average molecular weight is 382 g/mol. The number of benzene rings is 2. The number of carbonyl (C=O) groups excluding carboxylic acids is 1. The molecule has 1 amide bonds. The van der Waals surface area contributed by atoms with E-state index in [0.29, 0.717) is 16.4 Å². The molecule has 0 unspecified atom stereocenters. The maximum absolute atomic E-state index is 13.2. The molecular weight excluding hydrogens is 358 g/mol. The third-order valence-electron chi connectivity index (χ3n) is 4.60. The maximum atomic E-state index is 13.2. The van der Waals surface area contributed by atoms with E-state index in [-0.39, 0.29) is 5.91 Å². The van der Waals surface area contributed by atoms with Gasteiger partial charge in [0.1, 0.15) is 5.75 Å². The molecule has 3 rings (SSSR count). The fraction of sp³-hybridized carbons (Fsp3) is 0.238. The van der Waals surface area contributed by atoms with Crippen molar-refractivity contribution in [1.29, 1.82) is 0 Å². The summed E-state index contributed by atoms with van der Waals surface area (Å²) in [4.78, 5) is 13.2. The molecule has 5 nitrogen and oxygen atoms in total. The Bertz CT molecular complexity index is 937. The highest BCUT2D eigenvalue weighted by Crippen LogP contribution is 2.33. The number of amides is 1. The predicted molar refractivity (Wildman–Crippen MR) is 112 cm³/mol. The Balaban J connectivity index is 2.01. The summed E-state index contributed by atoms with van der Waals surface area (Å²) in [6.07, 6.45) is 0. The summed E-state index contributed by atoms with van der Waals surface area (Å²) >= 11 is 5.32. The second-order valence-corrected chi connectivity index (χ2v) is 6.99. The van der Waals surface area contributed by atoms with Crippen molar-refractivity contribution >= 4 is 28.9 Å². The van der Waals surface area contributed by atoms with E-state index in [1.807, 2.05) is 63.2 Å². The van der Waals surface area contributed by atoms with E-state index in [0.717, 1.165) is 28.1 Å². The molecule has 2 aromatic carbocycles. The quantitative estimate of drug-likeness (QED) is 0.704. The van der Waals surface area contributed by atoms with E-state index in [4.69, 9.17) is 17.0 Å². The van der Waals surface area contributed by atoms with Gasteiger partial charge in [-0.1, -0.05) is 30.3 Å². The topological polar surface area (TPSA) is 62.4 Å². The molecule has 0 spiro atoms. The van der Waals surface area contributed by atoms with Crippen molar-refractivity contribution in [2.24, 2.45) is 0 Å². The SMILES string of the molecule is COc1ccccc1[C@@H]1NC(=S)NC(C)=C1C(=O)Nc1cc(C)ccc1C. The van der Waals surface area contributed by atoms with Gasteiger partial charge in [-0.3, -0.25) is 4.79 Å². The van der Waals surface area contributed by atoms with Crippen LogP contribution in [-0.2, 0) is 4.79 Å². The lowest BCUT2D eigenvalue weighted by Crippen LogP contribution is -2.45. The van der Waals surface area contributed by atoms with Crippen LogP contribution >= 0.6 is 12.2 Å². The highest BCUT2D eigenvalue weighted by atomic mass is 32.1. The van der Waals surface area contributed by atoms with Gasteiger partial charge in [-0.2, -0.15) is 0 Å². The third kappa shape index (κ3) is 3.95. The first-order chi connectivity index (χ1) is 12.9. The molecule has 1 atom stereocenters. The van der Waals surface area contributed by atoms with Crippen LogP contribution in [0.5, 0.6) is 5.75 Å². The van der Waals surface area contributed by atoms with Gasteiger partial charge in [-0.25, -0.2) is 0 Å². The lowest BCUT2D eigenvalue weighted by Gasteiger charge is -2.31. The first kappa shape index (κ1) is 18.9. The number of nitrogens with one attached hydrogen (secondary N) is 3. The highest BCUT2D eigenvalue weighted by molar-refractivity contribution is 7.80. The van der Waals surface area contributed by atoms with Crippen molar-refractivity contribution in [1.82, 2.24) is 10.6 Å². The van der Waals surface area contributed by atoms with E-state index >= 15 is 0 Å². The minimum absolute atomic E-state index is 0.181. The normalized spacial score (nSPS) is 16.4. The number of methoxy groups -OCH3 is 1. The molecule has 1 aliphatic heterocycles. The summed E-state index contributed by atoms with van der Waals surface area (Å²) in [6, 6.07) is 13.2. The summed E-state index contributed by atoms with van der Waals surface area (Å²) in [6.45, 7) is 5.83. The van der Waals surface area contributed by atoms with Crippen molar-refractivity contribution in [3.05, 3.63) is 70.4 Å². The first-order valence-corrected chi connectivity index (χ1v) is 9.11. The Morgan fingerprint density at radius 3 is 2.63 bits per heavy atom. The van der Waals surface area contributed by atoms with Crippen molar-refractivity contribution in [2.45, 2.75) is 26.8 Å². The van der Waals surface area contributed by atoms with Crippen LogP contribution in [0.2, 0.25) is 0 Å². The van der Waals surface area contributed by atoms with E-state index in [1.54, 1.807) is 7.11 Å². The van der Waals surface area contributed by atoms with Gasteiger partial charge in [-0.05, 0) is 56.2 Å². The van der Waals surface area contributed by atoms with Crippen molar-refractivity contribution < 1.29 is 9.53 Å². The molecule has 140 valence electrons. The first-order valence-electron chi connectivity index (χ1n) is 8.70. The zero-order valence-electron chi connectivity index (χ0n) is 15.8. The van der Waals surface area contributed by atoms with E-state index < -0.39 is 6.04 Å². The van der Waals surface area contributed by atoms with Crippen LogP contribution in [-0.4, -0.2) is 18.1 Å². The second kappa shape index (κ2) is 7.80. The van der Waals surface area contributed by atoms with Crippen LogP contribution in [0.25, 0.3) is 0 Å². The molecule has 1 aliphatic rings. The standard InChI is InChI=1S/C21H23N3O2S/c1-12-9-10-13(2)16(11-12)23-20(25)18-14(3)22-21(27)24-19(18)15-7-5-6-8-17(15)26-4/h5-11,19H,1-4H3,(H,23,25)(H2,22,24,27)/t19-/m0/s1. The van der Waals surface area contributed by atoms with E-state index in [2.05, 4.69) is 16.0 Å². The van der Waals surface area contributed by atoms with Crippen LogP contribution in [0.4, 0.5) is 5.69 Å². The molecule has 0 aliphatic carbocycles. The van der Waals surface area contributed by atoms with Crippen molar-refractivity contribution in [3.8, 4) is 5.75 Å². The molecular formula is C21H23N3O2S. The Labute approximate surface area is 164 Å².